The number of benzene rings is 1. The number of aromatic nitrogens is 1. The number of aryl methyl sites for hydroxylation is 1. The normalized spacial score (nSPS) is 10.1. The van der Waals surface area contributed by atoms with E-state index in [1.807, 2.05) is 6.92 Å². The molecule has 0 unspecified atom stereocenters. The molecule has 0 amide bonds. The van der Waals surface area contributed by atoms with Gasteiger partial charge in [-0.15, -0.1) is 0 Å². The molecule has 0 aliphatic heterocycles. The van der Waals surface area contributed by atoms with E-state index in [0.29, 0.717) is 17.3 Å². The number of nitrogens with zero attached hydrogens (tertiary/aromatic N) is 1. The van der Waals surface area contributed by atoms with Gasteiger partial charge in [0.05, 0.1) is 6.20 Å². The minimum absolute atomic E-state index is 0.356. The van der Waals surface area contributed by atoms with Crippen LogP contribution in [0, 0.1) is 12.7 Å². The summed E-state index contributed by atoms with van der Waals surface area (Å²) in [6.07, 6.45) is 1.11. The third-order valence-electron chi connectivity index (χ3n) is 2.11. The average molecular weight is 218 g/mol. The number of nitrogens with two attached hydrogens (primary N) is 1. The molecule has 0 atom stereocenters. The largest absolute Gasteiger partial charge is 0.439 e. The Labute approximate surface area is 92.7 Å². The van der Waals surface area contributed by atoms with Gasteiger partial charge in [0.25, 0.3) is 0 Å². The van der Waals surface area contributed by atoms with E-state index in [1.54, 1.807) is 18.2 Å². The molecular formula is C12H11FN2O. The van der Waals surface area contributed by atoms with Crippen LogP contribution in [0.25, 0.3) is 0 Å². The highest BCUT2D eigenvalue weighted by molar-refractivity contribution is 5.48. The lowest BCUT2D eigenvalue weighted by molar-refractivity contribution is 0.456. The molecule has 0 bridgehead atoms. The van der Waals surface area contributed by atoms with Crippen LogP contribution in [0.15, 0.2) is 36.5 Å². The monoisotopic (exact) mass is 218 g/mol. The van der Waals surface area contributed by atoms with Crippen molar-refractivity contribution >= 4 is 5.69 Å². The number of rotatable bonds is 2. The van der Waals surface area contributed by atoms with Crippen LogP contribution in [0.2, 0.25) is 0 Å². The lowest BCUT2D eigenvalue weighted by Crippen LogP contribution is -1.92. The highest BCUT2D eigenvalue weighted by Gasteiger charge is 2.02. The Morgan fingerprint density at radius 3 is 2.69 bits per heavy atom. The van der Waals surface area contributed by atoms with Crippen molar-refractivity contribution in [1.29, 1.82) is 0 Å². The van der Waals surface area contributed by atoms with Crippen molar-refractivity contribution in [2.75, 3.05) is 5.73 Å². The molecule has 0 aliphatic carbocycles. The second kappa shape index (κ2) is 4.18. The summed E-state index contributed by atoms with van der Waals surface area (Å²) in [6.45, 7) is 1.88. The first-order valence-electron chi connectivity index (χ1n) is 4.81. The van der Waals surface area contributed by atoms with Gasteiger partial charge < -0.3 is 10.5 Å². The number of nitrogen functional groups attached to an aromatic ring is 1. The summed E-state index contributed by atoms with van der Waals surface area (Å²) < 4.78 is 18.1. The van der Waals surface area contributed by atoms with Gasteiger partial charge in [-0.1, -0.05) is 0 Å². The number of halogens is 1. The Bertz CT molecular complexity index is 497. The first kappa shape index (κ1) is 10.4. The SMILES string of the molecule is Cc1cc(N)ccc1Oc1ccc(F)cn1. The first-order valence-corrected chi connectivity index (χ1v) is 4.81. The van der Waals surface area contributed by atoms with Crippen LogP contribution >= 0.6 is 0 Å². The molecule has 1 aromatic carbocycles. The summed E-state index contributed by atoms with van der Waals surface area (Å²) in [5.41, 5.74) is 7.21. The van der Waals surface area contributed by atoms with E-state index >= 15 is 0 Å². The lowest BCUT2D eigenvalue weighted by atomic mass is 10.2. The van der Waals surface area contributed by atoms with Gasteiger partial charge in [0.1, 0.15) is 11.6 Å². The average Bonchev–Trinajstić information content (AvgIpc) is 2.25. The molecule has 0 saturated heterocycles. The molecule has 82 valence electrons. The van der Waals surface area contributed by atoms with E-state index in [1.165, 1.54) is 12.1 Å². The molecule has 0 aliphatic rings. The van der Waals surface area contributed by atoms with Gasteiger partial charge in [0.15, 0.2) is 0 Å². The molecule has 0 saturated carbocycles. The molecule has 2 N–H and O–H groups in total. The van der Waals surface area contributed by atoms with E-state index in [-0.39, 0.29) is 5.82 Å². The molecule has 1 heterocycles. The van der Waals surface area contributed by atoms with Gasteiger partial charge >= 0.3 is 0 Å². The van der Waals surface area contributed by atoms with Gasteiger partial charge in [0, 0.05) is 11.8 Å². The van der Waals surface area contributed by atoms with E-state index < -0.39 is 0 Å². The predicted molar refractivity (Wildman–Crippen MR) is 59.9 cm³/mol. The van der Waals surface area contributed by atoms with Crippen molar-refractivity contribution in [3.05, 3.63) is 47.9 Å². The van der Waals surface area contributed by atoms with E-state index in [2.05, 4.69) is 4.98 Å². The second-order valence-electron chi connectivity index (χ2n) is 3.44. The number of ether oxygens (including phenoxy) is 1. The predicted octanol–water partition coefficient (Wildman–Crippen LogP) is 2.90. The molecule has 16 heavy (non-hydrogen) atoms. The molecule has 1 aromatic heterocycles. The van der Waals surface area contributed by atoms with E-state index in [0.717, 1.165) is 11.8 Å². The summed E-state index contributed by atoms with van der Waals surface area (Å²) in [6, 6.07) is 8.08. The Balaban J connectivity index is 2.23. The fourth-order valence-corrected chi connectivity index (χ4v) is 1.32. The molecule has 2 rings (SSSR count). The van der Waals surface area contributed by atoms with Crippen LogP contribution < -0.4 is 10.5 Å². The summed E-state index contributed by atoms with van der Waals surface area (Å²) in [4.78, 5) is 3.81. The van der Waals surface area contributed by atoms with Crippen LogP contribution in [0.4, 0.5) is 10.1 Å². The van der Waals surface area contributed by atoms with E-state index in [4.69, 9.17) is 10.5 Å². The van der Waals surface area contributed by atoms with Gasteiger partial charge in [-0.25, -0.2) is 9.37 Å². The van der Waals surface area contributed by atoms with Gasteiger partial charge in [-0.05, 0) is 36.8 Å². The molecule has 2 aromatic rings. The van der Waals surface area contributed by atoms with Crippen molar-refractivity contribution < 1.29 is 9.13 Å². The highest BCUT2D eigenvalue weighted by Crippen LogP contribution is 2.24. The maximum atomic E-state index is 12.6. The molecule has 0 fully saturated rings. The fourth-order valence-electron chi connectivity index (χ4n) is 1.32. The topological polar surface area (TPSA) is 48.1 Å². The third kappa shape index (κ3) is 2.28. The summed E-state index contributed by atoms with van der Waals surface area (Å²) >= 11 is 0. The summed E-state index contributed by atoms with van der Waals surface area (Å²) in [5.74, 6) is 0.629. The van der Waals surface area contributed by atoms with E-state index in [9.17, 15) is 4.39 Å². The van der Waals surface area contributed by atoms with Crippen LogP contribution in [-0.2, 0) is 0 Å². The minimum Gasteiger partial charge on any atom is -0.439 e. The Kier molecular flexibility index (Phi) is 2.72. The Morgan fingerprint density at radius 2 is 2.06 bits per heavy atom. The summed E-state index contributed by atoms with van der Waals surface area (Å²) in [7, 11) is 0. The fraction of sp³-hybridized carbons (Fsp3) is 0.0833. The molecule has 3 nitrogen and oxygen atoms in total. The zero-order chi connectivity index (χ0) is 11.5. The van der Waals surface area contributed by atoms with Crippen molar-refractivity contribution in [2.45, 2.75) is 6.92 Å². The lowest BCUT2D eigenvalue weighted by Gasteiger charge is -2.07. The van der Waals surface area contributed by atoms with Gasteiger partial charge in [-0.2, -0.15) is 0 Å². The van der Waals surface area contributed by atoms with Crippen LogP contribution in [0.5, 0.6) is 11.6 Å². The van der Waals surface area contributed by atoms with Crippen LogP contribution in [0.3, 0.4) is 0 Å². The van der Waals surface area contributed by atoms with Crippen LogP contribution in [0.1, 0.15) is 5.56 Å². The van der Waals surface area contributed by atoms with Crippen LogP contribution in [-0.4, -0.2) is 4.98 Å². The third-order valence-corrected chi connectivity index (χ3v) is 2.11. The van der Waals surface area contributed by atoms with Crippen molar-refractivity contribution in [3.8, 4) is 11.6 Å². The number of anilines is 1. The molecule has 0 radical (unpaired) electrons. The maximum absolute atomic E-state index is 12.6. The highest BCUT2D eigenvalue weighted by atomic mass is 19.1. The minimum atomic E-state index is -0.388. The van der Waals surface area contributed by atoms with Crippen molar-refractivity contribution in [1.82, 2.24) is 4.98 Å². The summed E-state index contributed by atoms with van der Waals surface area (Å²) in [5, 5.41) is 0. The standard InChI is InChI=1S/C12H11FN2O/c1-8-6-10(14)3-4-11(8)16-12-5-2-9(13)7-15-12/h2-7H,14H2,1H3. The maximum Gasteiger partial charge on any atom is 0.219 e. The van der Waals surface area contributed by atoms with Crippen molar-refractivity contribution in [2.24, 2.45) is 0 Å². The Morgan fingerprint density at radius 1 is 1.25 bits per heavy atom. The van der Waals surface area contributed by atoms with Crippen molar-refractivity contribution in [3.63, 3.8) is 0 Å². The molecule has 4 heteroatoms. The number of hydrogen-bond acceptors (Lipinski definition) is 3. The van der Waals surface area contributed by atoms with Gasteiger partial charge in [-0.3, -0.25) is 0 Å². The molecule has 0 spiro atoms. The second-order valence-corrected chi connectivity index (χ2v) is 3.44. The first-order chi connectivity index (χ1) is 7.65. The zero-order valence-electron chi connectivity index (χ0n) is 8.77. The Hall–Kier alpha value is -2.10. The quantitative estimate of drug-likeness (QED) is 0.788. The smallest absolute Gasteiger partial charge is 0.219 e. The molecular weight excluding hydrogens is 207 g/mol. The van der Waals surface area contributed by atoms with Gasteiger partial charge in [0.2, 0.25) is 5.88 Å². The number of pyridine rings is 1. The number of hydrogen-bond donors (Lipinski definition) is 1. The zero-order valence-corrected chi connectivity index (χ0v) is 8.77.